The van der Waals surface area contributed by atoms with Gasteiger partial charge >= 0.3 is 0 Å². The van der Waals surface area contributed by atoms with Crippen LogP contribution in [0, 0.1) is 0 Å². The second kappa shape index (κ2) is 6.60. The zero-order valence-electron chi connectivity index (χ0n) is 10.6. The number of aromatic nitrogens is 2. The summed E-state index contributed by atoms with van der Waals surface area (Å²) in [5.74, 6) is 0.0291. The zero-order valence-corrected chi connectivity index (χ0v) is 12.3. The second-order valence-electron chi connectivity index (χ2n) is 4.77. The van der Waals surface area contributed by atoms with Crippen molar-refractivity contribution in [1.29, 1.82) is 0 Å². The molecule has 0 aromatic carbocycles. The van der Waals surface area contributed by atoms with E-state index in [-0.39, 0.29) is 18.3 Å². The first-order chi connectivity index (χ1) is 8.84. The summed E-state index contributed by atoms with van der Waals surface area (Å²) in [5, 5.41) is 3.36. The molecule has 2 aliphatic heterocycles. The van der Waals surface area contributed by atoms with Crippen LogP contribution in [0.15, 0.2) is 6.20 Å². The Balaban J connectivity index is 0.00000133. The van der Waals surface area contributed by atoms with Gasteiger partial charge in [0.1, 0.15) is 0 Å². The van der Waals surface area contributed by atoms with Crippen LogP contribution in [0.5, 0.6) is 0 Å². The third kappa shape index (κ3) is 3.22. The normalized spacial score (nSPS) is 24.2. The number of rotatable bonds is 2. The van der Waals surface area contributed by atoms with Gasteiger partial charge in [-0.05, 0) is 6.42 Å². The molecule has 6 nitrogen and oxygen atoms in total. The molecule has 2 aliphatic rings. The number of carbonyl (C=O) groups excluding carboxylic acids is 1. The minimum Gasteiger partial charge on any atom is -0.336 e. The van der Waals surface area contributed by atoms with E-state index in [4.69, 9.17) is 0 Å². The van der Waals surface area contributed by atoms with Crippen LogP contribution < -0.4 is 5.32 Å². The molecule has 106 valence electrons. The highest BCUT2D eigenvalue weighted by atomic mass is 35.5. The molecule has 0 radical (unpaired) electrons. The van der Waals surface area contributed by atoms with E-state index in [0.29, 0.717) is 11.7 Å². The highest BCUT2D eigenvalue weighted by molar-refractivity contribution is 6.99. The summed E-state index contributed by atoms with van der Waals surface area (Å²) >= 11 is 1.09. The topological polar surface area (TPSA) is 61.4 Å². The monoisotopic (exact) mass is 303 g/mol. The number of nitrogens with one attached hydrogen (secondary N) is 1. The van der Waals surface area contributed by atoms with Crippen molar-refractivity contribution >= 4 is 30.0 Å². The first-order valence-electron chi connectivity index (χ1n) is 6.36. The number of likely N-dealkylation sites (tertiary alicyclic amines) is 1. The van der Waals surface area contributed by atoms with Gasteiger partial charge in [0.25, 0.3) is 5.91 Å². The van der Waals surface area contributed by atoms with Gasteiger partial charge in [-0.15, -0.1) is 12.4 Å². The molecule has 1 N–H and O–H groups in total. The van der Waals surface area contributed by atoms with Crippen molar-refractivity contribution in [2.75, 3.05) is 39.3 Å². The van der Waals surface area contributed by atoms with E-state index in [1.54, 1.807) is 6.20 Å². The zero-order chi connectivity index (χ0) is 12.4. The summed E-state index contributed by atoms with van der Waals surface area (Å²) in [7, 11) is 0. The summed E-state index contributed by atoms with van der Waals surface area (Å²) in [5.41, 5.74) is 0.487. The Morgan fingerprint density at radius 2 is 2.16 bits per heavy atom. The fourth-order valence-corrected chi connectivity index (χ4v) is 3.10. The molecule has 19 heavy (non-hydrogen) atoms. The number of hydrogen-bond donors (Lipinski definition) is 1. The fraction of sp³-hybridized carbons (Fsp3) is 0.727. The Kier molecular flexibility index (Phi) is 5.09. The third-order valence-corrected chi connectivity index (χ3v) is 4.18. The van der Waals surface area contributed by atoms with Crippen LogP contribution >= 0.6 is 24.1 Å². The van der Waals surface area contributed by atoms with Crippen molar-refractivity contribution in [3.63, 3.8) is 0 Å². The lowest BCUT2D eigenvalue weighted by Crippen LogP contribution is -2.49. The van der Waals surface area contributed by atoms with E-state index in [1.165, 1.54) is 0 Å². The van der Waals surface area contributed by atoms with Crippen molar-refractivity contribution in [3.05, 3.63) is 11.9 Å². The van der Waals surface area contributed by atoms with Crippen molar-refractivity contribution < 1.29 is 4.79 Å². The molecule has 2 fully saturated rings. The third-order valence-electron chi connectivity index (χ3n) is 3.70. The lowest BCUT2D eigenvalue weighted by atomic mass is 10.2. The molecule has 0 aliphatic carbocycles. The van der Waals surface area contributed by atoms with Crippen LogP contribution in [-0.2, 0) is 0 Å². The van der Waals surface area contributed by atoms with Crippen molar-refractivity contribution in [2.24, 2.45) is 0 Å². The summed E-state index contributed by atoms with van der Waals surface area (Å²) in [4.78, 5) is 16.5. The second-order valence-corrected chi connectivity index (χ2v) is 5.33. The molecule has 1 unspecified atom stereocenters. The van der Waals surface area contributed by atoms with Crippen LogP contribution in [-0.4, -0.2) is 69.8 Å². The Bertz CT molecular complexity index is 409. The maximum atomic E-state index is 12.1. The van der Waals surface area contributed by atoms with Gasteiger partial charge in [0.05, 0.1) is 17.9 Å². The number of amides is 1. The number of piperazine rings is 1. The average Bonchev–Trinajstić information content (AvgIpc) is 3.10. The predicted octanol–water partition coefficient (Wildman–Crippen LogP) is 0.0796. The largest absolute Gasteiger partial charge is 0.336 e. The molecule has 1 amide bonds. The van der Waals surface area contributed by atoms with Gasteiger partial charge in [0.15, 0.2) is 5.69 Å². The van der Waals surface area contributed by atoms with E-state index in [0.717, 1.165) is 57.4 Å². The molecule has 1 aromatic rings. The smallest absolute Gasteiger partial charge is 0.275 e. The average molecular weight is 304 g/mol. The summed E-state index contributed by atoms with van der Waals surface area (Å²) in [6, 6.07) is 0.516. The predicted molar refractivity (Wildman–Crippen MR) is 75.9 cm³/mol. The first kappa shape index (κ1) is 14.6. The van der Waals surface area contributed by atoms with Crippen LogP contribution in [0.25, 0.3) is 0 Å². The van der Waals surface area contributed by atoms with Gasteiger partial charge in [0.2, 0.25) is 0 Å². The highest BCUT2D eigenvalue weighted by Crippen LogP contribution is 2.18. The molecular formula is C11H18ClN5OS. The molecule has 0 spiro atoms. The Morgan fingerprint density at radius 1 is 1.37 bits per heavy atom. The highest BCUT2D eigenvalue weighted by Gasteiger charge is 2.31. The molecular weight excluding hydrogens is 286 g/mol. The molecule has 2 saturated heterocycles. The minimum atomic E-state index is 0. The lowest BCUT2D eigenvalue weighted by Gasteiger charge is -2.32. The van der Waals surface area contributed by atoms with Gasteiger partial charge < -0.3 is 10.2 Å². The molecule has 0 bridgehead atoms. The van der Waals surface area contributed by atoms with E-state index >= 15 is 0 Å². The Morgan fingerprint density at radius 3 is 2.84 bits per heavy atom. The van der Waals surface area contributed by atoms with Gasteiger partial charge in [0, 0.05) is 45.3 Å². The standard InChI is InChI=1S/C11H17N5OS.ClH/c17-11(10-7-13-18-14-10)16-4-1-9(8-16)15-5-2-12-3-6-15;/h7,9,12H,1-6,8H2;1H. The Labute approximate surface area is 122 Å². The maximum absolute atomic E-state index is 12.1. The molecule has 3 rings (SSSR count). The fourth-order valence-electron chi connectivity index (χ4n) is 2.69. The number of nitrogens with zero attached hydrogens (tertiary/aromatic N) is 4. The quantitative estimate of drug-likeness (QED) is 0.838. The Hall–Kier alpha value is -0.760. The first-order valence-corrected chi connectivity index (χ1v) is 7.09. The molecule has 8 heteroatoms. The summed E-state index contributed by atoms with van der Waals surface area (Å²) in [6.45, 7) is 5.96. The van der Waals surface area contributed by atoms with Gasteiger partial charge in [-0.25, -0.2) is 0 Å². The maximum Gasteiger partial charge on any atom is 0.275 e. The van der Waals surface area contributed by atoms with Crippen LogP contribution in [0.4, 0.5) is 0 Å². The molecule has 1 aromatic heterocycles. The van der Waals surface area contributed by atoms with E-state index in [2.05, 4.69) is 19.0 Å². The van der Waals surface area contributed by atoms with Crippen molar-refractivity contribution in [3.8, 4) is 0 Å². The van der Waals surface area contributed by atoms with E-state index < -0.39 is 0 Å². The van der Waals surface area contributed by atoms with Gasteiger partial charge in [-0.1, -0.05) is 0 Å². The van der Waals surface area contributed by atoms with Crippen LogP contribution in [0.2, 0.25) is 0 Å². The number of halogens is 1. The number of hydrogen-bond acceptors (Lipinski definition) is 6. The summed E-state index contributed by atoms with van der Waals surface area (Å²) < 4.78 is 7.90. The van der Waals surface area contributed by atoms with Gasteiger partial charge in [-0.2, -0.15) is 8.75 Å². The van der Waals surface area contributed by atoms with Crippen LogP contribution in [0.1, 0.15) is 16.9 Å². The van der Waals surface area contributed by atoms with Crippen molar-refractivity contribution in [2.45, 2.75) is 12.5 Å². The van der Waals surface area contributed by atoms with Gasteiger partial charge in [-0.3, -0.25) is 9.69 Å². The molecule has 0 saturated carbocycles. The minimum absolute atomic E-state index is 0. The molecule has 3 heterocycles. The van der Waals surface area contributed by atoms with E-state index in [9.17, 15) is 4.79 Å². The number of carbonyl (C=O) groups is 1. The molecule has 1 atom stereocenters. The van der Waals surface area contributed by atoms with Crippen molar-refractivity contribution in [1.82, 2.24) is 23.9 Å². The van der Waals surface area contributed by atoms with Crippen LogP contribution in [0.3, 0.4) is 0 Å². The summed E-state index contributed by atoms with van der Waals surface area (Å²) in [6.07, 6.45) is 2.63. The lowest BCUT2D eigenvalue weighted by molar-refractivity contribution is 0.0769. The van der Waals surface area contributed by atoms with E-state index in [1.807, 2.05) is 4.90 Å². The SMILES string of the molecule is Cl.O=C(c1cnsn1)N1CCC(N2CCNCC2)C1.